The maximum atomic E-state index is 5.90. The highest BCUT2D eigenvalue weighted by atomic mass is 35.5. The quantitative estimate of drug-likeness (QED) is 0.601. The highest BCUT2D eigenvalue weighted by Gasteiger charge is 2.14. The van der Waals surface area contributed by atoms with Crippen molar-refractivity contribution in [3.63, 3.8) is 0 Å². The van der Waals surface area contributed by atoms with Crippen LogP contribution in [0.4, 0.5) is 0 Å². The molecule has 1 aliphatic carbocycles. The molecule has 1 atom stereocenters. The Morgan fingerprint density at radius 3 is 2.67 bits per heavy atom. The summed E-state index contributed by atoms with van der Waals surface area (Å²) in [5.74, 6) is 0. The van der Waals surface area contributed by atoms with Gasteiger partial charge in [-0.2, -0.15) is 0 Å². The van der Waals surface area contributed by atoms with Gasteiger partial charge in [0.2, 0.25) is 0 Å². The van der Waals surface area contributed by atoms with E-state index in [0.29, 0.717) is 0 Å². The SMILES string of the molecule is ClC1C=CC(C2NC=CN2)=CC1. The molecule has 64 valence electrons. The van der Waals surface area contributed by atoms with Crippen molar-refractivity contribution in [1.82, 2.24) is 10.6 Å². The van der Waals surface area contributed by atoms with Crippen molar-refractivity contribution in [1.29, 1.82) is 0 Å². The molecular weight excluding hydrogens is 172 g/mol. The van der Waals surface area contributed by atoms with Gasteiger partial charge in [0, 0.05) is 12.4 Å². The van der Waals surface area contributed by atoms with Crippen LogP contribution in [0.3, 0.4) is 0 Å². The summed E-state index contributed by atoms with van der Waals surface area (Å²) in [5, 5.41) is 6.54. The second-order valence-corrected chi connectivity index (χ2v) is 3.48. The number of rotatable bonds is 1. The van der Waals surface area contributed by atoms with Gasteiger partial charge in [-0.1, -0.05) is 18.2 Å². The van der Waals surface area contributed by atoms with E-state index in [1.165, 1.54) is 5.57 Å². The summed E-state index contributed by atoms with van der Waals surface area (Å²) in [7, 11) is 0. The third-order valence-corrected chi connectivity index (χ3v) is 2.34. The molecule has 1 unspecified atom stereocenters. The van der Waals surface area contributed by atoms with Crippen LogP contribution in [0.1, 0.15) is 6.42 Å². The Bertz CT molecular complexity index is 247. The van der Waals surface area contributed by atoms with Crippen molar-refractivity contribution < 1.29 is 0 Å². The number of hydrogen-bond donors (Lipinski definition) is 2. The second kappa shape index (κ2) is 3.23. The van der Waals surface area contributed by atoms with Crippen LogP contribution in [-0.2, 0) is 0 Å². The van der Waals surface area contributed by atoms with Crippen LogP contribution < -0.4 is 10.6 Å². The van der Waals surface area contributed by atoms with E-state index in [1.54, 1.807) is 0 Å². The van der Waals surface area contributed by atoms with Gasteiger partial charge in [0.15, 0.2) is 0 Å². The van der Waals surface area contributed by atoms with E-state index in [2.05, 4.69) is 22.8 Å². The lowest BCUT2D eigenvalue weighted by atomic mass is 10.0. The summed E-state index contributed by atoms with van der Waals surface area (Å²) in [4.78, 5) is 0. The summed E-state index contributed by atoms with van der Waals surface area (Å²) in [6.07, 6.45) is 11.2. The highest BCUT2D eigenvalue weighted by Crippen LogP contribution is 2.17. The fourth-order valence-electron chi connectivity index (χ4n) is 1.35. The molecule has 0 radical (unpaired) electrons. The van der Waals surface area contributed by atoms with E-state index >= 15 is 0 Å². The Labute approximate surface area is 77.0 Å². The van der Waals surface area contributed by atoms with Gasteiger partial charge in [-0.05, 0) is 12.0 Å². The molecule has 0 spiro atoms. The number of halogens is 1. The molecule has 2 nitrogen and oxygen atoms in total. The summed E-state index contributed by atoms with van der Waals surface area (Å²) >= 11 is 5.90. The molecule has 0 bridgehead atoms. The lowest BCUT2D eigenvalue weighted by molar-refractivity contribution is 0.657. The zero-order valence-corrected chi connectivity index (χ0v) is 7.38. The average molecular weight is 183 g/mol. The molecule has 2 rings (SSSR count). The first-order valence-electron chi connectivity index (χ1n) is 4.06. The first-order valence-corrected chi connectivity index (χ1v) is 4.49. The van der Waals surface area contributed by atoms with Gasteiger partial charge in [0.1, 0.15) is 6.17 Å². The first-order chi connectivity index (χ1) is 5.86. The monoisotopic (exact) mass is 182 g/mol. The van der Waals surface area contributed by atoms with E-state index in [4.69, 9.17) is 11.6 Å². The molecule has 12 heavy (non-hydrogen) atoms. The number of alkyl halides is 1. The third kappa shape index (κ3) is 1.48. The Morgan fingerprint density at radius 1 is 1.33 bits per heavy atom. The van der Waals surface area contributed by atoms with E-state index < -0.39 is 0 Å². The van der Waals surface area contributed by atoms with Crippen molar-refractivity contribution in [2.24, 2.45) is 0 Å². The summed E-state index contributed by atoms with van der Waals surface area (Å²) < 4.78 is 0. The fourth-order valence-corrected chi connectivity index (χ4v) is 1.52. The maximum Gasteiger partial charge on any atom is 0.122 e. The van der Waals surface area contributed by atoms with Crippen LogP contribution in [0.25, 0.3) is 0 Å². The number of nitrogens with one attached hydrogen (secondary N) is 2. The average Bonchev–Trinajstić information content (AvgIpc) is 2.58. The molecule has 0 aromatic rings. The minimum absolute atomic E-state index is 0.170. The third-order valence-electron chi connectivity index (χ3n) is 2.02. The normalized spacial score (nSPS) is 28.1. The van der Waals surface area contributed by atoms with Gasteiger partial charge >= 0.3 is 0 Å². The van der Waals surface area contributed by atoms with E-state index in [9.17, 15) is 0 Å². The lowest BCUT2D eigenvalue weighted by Gasteiger charge is -2.17. The smallest absolute Gasteiger partial charge is 0.122 e. The second-order valence-electron chi connectivity index (χ2n) is 2.91. The largest absolute Gasteiger partial charge is 0.366 e. The van der Waals surface area contributed by atoms with E-state index in [1.807, 2.05) is 18.5 Å². The standard InChI is InChI=1S/C9H11ClN2/c10-8-3-1-7(2-4-8)9-11-5-6-12-9/h1-3,5-6,8-9,11-12H,4H2. The molecule has 0 amide bonds. The topological polar surface area (TPSA) is 24.1 Å². The minimum atomic E-state index is 0.170. The van der Waals surface area contributed by atoms with Crippen LogP contribution in [0.15, 0.2) is 36.2 Å². The van der Waals surface area contributed by atoms with Gasteiger partial charge in [-0.15, -0.1) is 11.6 Å². The number of allylic oxidation sites excluding steroid dienone is 2. The summed E-state index contributed by atoms with van der Waals surface area (Å²) in [6.45, 7) is 0. The van der Waals surface area contributed by atoms with Crippen LogP contribution >= 0.6 is 11.6 Å². The molecule has 1 aliphatic heterocycles. The van der Waals surface area contributed by atoms with Crippen molar-refractivity contribution in [3.8, 4) is 0 Å². The van der Waals surface area contributed by atoms with Crippen molar-refractivity contribution in [3.05, 3.63) is 36.2 Å². The maximum absolute atomic E-state index is 5.90. The van der Waals surface area contributed by atoms with Gasteiger partial charge in [0.05, 0.1) is 5.38 Å². The summed E-state index contributed by atoms with van der Waals surface area (Å²) in [6, 6.07) is 0. The van der Waals surface area contributed by atoms with Gasteiger partial charge in [0.25, 0.3) is 0 Å². The van der Waals surface area contributed by atoms with E-state index in [-0.39, 0.29) is 11.5 Å². The Morgan fingerprint density at radius 2 is 2.08 bits per heavy atom. The van der Waals surface area contributed by atoms with Crippen LogP contribution in [0, 0.1) is 0 Å². The molecule has 2 N–H and O–H groups in total. The zero-order chi connectivity index (χ0) is 8.39. The van der Waals surface area contributed by atoms with Crippen molar-refractivity contribution in [2.75, 3.05) is 0 Å². The van der Waals surface area contributed by atoms with Gasteiger partial charge in [-0.25, -0.2) is 0 Å². The van der Waals surface area contributed by atoms with E-state index in [0.717, 1.165) is 6.42 Å². The number of hydrogen-bond acceptors (Lipinski definition) is 2. The minimum Gasteiger partial charge on any atom is -0.366 e. The molecular formula is C9H11ClN2. The highest BCUT2D eigenvalue weighted by molar-refractivity contribution is 6.22. The fraction of sp³-hybridized carbons (Fsp3) is 0.333. The van der Waals surface area contributed by atoms with Crippen molar-refractivity contribution in [2.45, 2.75) is 18.0 Å². The Kier molecular flexibility index (Phi) is 2.09. The predicted molar refractivity (Wildman–Crippen MR) is 50.7 cm³/mol. The molecule has 0 aromatic heterocycles. The zero-order valence-electron chi connectivity index (χ0n) is 6.63. The van der Waals surface area contributed by atoms with Crippen LogP contribution in [-0.4, -0.2) is 11.5 Å². The molecule has 0 fully saturated rings. The molecule has 3 heteroatoms. The molecule has 0 saturated heterocycles. The summed E-state index contributed by atoms with van der Waals surface area (Å²) in [5.41, 5.74) is 1.26. The lowest BCUT2D eigenvalue weighted by Crippen LogP contribution is -2.32. The van der Waals surface area contributed by atoms with Gasteiger partial charge in [-0.3, -0.25) is 0 Å². The molecule has 2 aliphatic rings. The molecule has 0 aromatic carbocycles. The first kappa shape index (κ1) is 7.74. The molecule has 1 heterocycles. The van der Waals surface area contributed by atoms with Crippen LogP contribution in [0.5, 0.6) is 0 Å². The van der Waals surface area contributed by atoms with Gasteiger partial charge < -0.3 is 10.6 Å². The Balaban J connectivity index is 2.01. The van der Waals surface area contributed by atoms with Crippen molar-refractivity contribution >= 4 is 11.6 Å². The predicted octanol–water partition coefficient (Wildman–Crippen LogP) is 1.47. The van der Waals surface area contributed by atoms with Crippen LogP contribution in [0.2, 0.25) is 0 Å². The molecule has 0 saturated carbocycles. The Hall–Kier alpha value is -0.890.